The summed E-state index contributed by atoms with van der Waals surface area (Å²) < 4.78 is 37.6. The van der Waals surface area contributed by atoms with Crippen molar-refractivity contribution in [3.05, 3.63) is 108 Å². The van der Waals surface area contributed by atoms with Crippen LogP contribution in [0, 0.1) is 12.3 Å². The summed E-state index contributed by atoms with van der Waals surface area (Å²) in [6, 6.07) is 30.1. The fraction of sp³-hybridized carbons (Fsp3) is 0.375. The first-order chi connectivity index (χ1) is 18.8. The highest BCUT2D eigenvalue weighted by Crippen LogP contribution is 2.31. The van der Waals surface area contributed by atoms with Crippen molar-refractivity contribution in [2.24, 2.45) is 0 Å². The maximum absolute atomic E-state index is 6.58. The highest BCUT2D eigenvalue weighted by atomic mass is 16.7. The van der Waals surface area contributed by atoms with Gasteiger partial charge < -0.3 is 28.4 Å². The highest BCUT2D eigenvalue weighted by Gasteiger charge is 2.49. The molecule has 0 aliphatic carbocycles. The molecule has 0 radical (unpaired) electrons. The second-order valence-electron chi connectivity index (χ2n) is 9.11. The molecule has 0 spiro atoms. The third-order valence-electron chi connectivity index (χ3n) is 6.31. The van der Waals surface area contributed by atoms with Crippen LogP contribution >= 0.6 is 0 Å². The molecule has 1 fully saturated rings. The predicted molar refractivity (Wildman–Crippen MR) is 145 cm³/mol. The van der Waals surface area contributed by atoms with E-state index in [4.69, 9.17) is 34.8 Å². The number of hydrogen-bond donors (Lipinski definition) is 0. The molecular formula is C32H36O6. The first kappa shape index (κ1) is 28.0. The van der Waals surface area contributed by atoms with Gasteiger partial charge in [0.2, 0.25) is 0 Å². The molecular weight excluding hydrogens is 480 g/mol. The van der Waals surface area contributed by atoms with Crippen LogP contribution in [0.25, 0.3) is 0 Å². The van der Waals surface area contributed by atoms with Crippen LogP contribution in [-0.2, 0) is 48.2 Å². The standard InChI is InChI=1S/C32H36O6/c1-3-4-20-34-32-31(37-23-27-18-12-7-13-19-27)30(36-22-26-16-10-6-11-17-26)29(28(38-32)24-33-2)35-21-25-14-8-5-9-15-25/h1,5-19,28-32H,4,20-24H2,2H3/t28-,29-,30+,31-,32?/m1/s1. The van der Waals surface area contributed by atoms with Gasteiger partial charge in [0.1, 0.15) is 24.4 Å². The quantitative estimate of drug-likeness (QED) is 0.218. The van der Waals surface area contributed by atoms with E-state index in [2.05, 4.69) is 5.92 Å². The first-order valence-electron chi connectivity index (χ1n) is 12.9. The normalized spacial score (nSPS) is 23.1. The molecule has 3 aromatic rings. The zero-order valence-electron chi connectivity index (χ0n) is 21.8. The molecule has 6 nitrogen and oxygen atoms in total. The van der Waals surface area contributed by atoms with Crippen molar-refractivity contribution in [1.82, 2.24) is 0 Å². The van der Waals surface area contributed by atoms with Crippen molar-refractivity contribution in [3.63, 3.8) is 0 Å². The first-order valence-corrected chi connectivity index (χ1v) is 12.9. The molecule has 5 atom stereocenters. The van der Waals surface area contributed by atoms with Crippen molar-refractivity contribution in [3.8, 4) is 12.3 Å². The molecule has 0 saturated carbocycles. The fourth-order valence-corrected chi connectivity index (χ4v) is 4.41. The zero-order chi connectivity index (χ0) is 26.4. The van der Waals surface area contributed by atoms with Crippen LogP contribution in [-0.4, -0.2) is 51.0 Å². The number of terminal acetylenes is 1. The molecule has 1 unspecified atom stereocenters. The summed E-state index contributed by atoms with van der Waals surface area (Å²) in [6.45, 7) is 1.81. The van der Waals surface area contributed by atoms with Crippen LogP contribution in [0.5, 0.6) is 0 Å². The minimum absolute atomic E-state index is 0.311. The molecule has 6 heteroatoms. The molecule has 200 valence electrons. The topological polar surface area (TPSA) is 55.4 Å². The number of hydrogen-bond acceptors (Lipinski definition) is 6. The highest BCUT2D eigenvalue weighted by molar-refractivity contribution is 5.15. The lowest BCUT2D eigenvalue weighted by atomic mass is 9.97. The van der Waals surface area contributed by atoms with E-state index in [1.54, 1.807) is 7.11 Å². The van der Waals surface area contributed by atoms with E-state index in [0.29, 0.717) is 39.5 Å². The van der Waals surface area contributed by atoms with Crippen LogP contribution in [0.15, 0.2) is 91.0 Å². The van der Waals surface area contributed by atoms with Crippen molar-refractivity contribution >= 4 is 0 Å². The van der Waals surface area contributed by atoms with E-state index in [1.807, 2.05) is 91.0 Å². The van der Waals surface area contributed by atoms with E-state index in [1.165, 1.54) is 0 Å². The Morgan fingerprint density at radius 1 is 0.658 bits per heavy atom. The number of rotatable bonds is 14. The second-order valence-corrected chi connectivity index (χ2v) is 9.11. The Kier molecular flexibility index (Phi) is 11.4. The number of ether oxygens (including phenoxy) is 6. The largest absolute Gasteiger partial charge is 0.382 e. The SMILES string of the molecule is C#CCCOC1O[C@H](COC)[C@@H](OCc2ccccc2)[C@H](OCc2ccccc2)[C@H]1OCc1ccccc1. The van der Waals surface area contributed by atoms with Crippen LogP contribution in [0.2, 0.25) is 0 Å². The molecule has 0 bridgehead atoms. The van der Waals surface area contributed by atoms with E-state index >= 15 is 0 Å². The molecule has 0 aromatic heterocycles. The molecule has 3 aromatic carbocycles. The van der Waals surface area contributed by atoms with Gasteiger partial charge in [-0.15, -0.1) is 12.3 Å². The van der Waals surface area contributed by atoms with Gasteiger partial charge in [-0.3, -0.25) is 0 Å². The molecule has 1 saturated heterocycles. The third kappa shape index (κ3) is 8.24. The smallest absolute Gasteiger partial charge is 0.186 e. The molecule has 0 amide bonds. The predicted octanol–water partition coefficient (Wildman–Crippen LogP) is 5.15. The monoisotopic (exact) mass is 516 g/mol. The number of benzene rings is 3. The lowest BCUT2D eigenvalue weighted by Crippen LogP contribution is -2.61. The Morgan fingerprint density at radius 3 is 1.61 bits per heavy atom. The molecule has 1 aliphatic rings. The van der Waals surface area contributed by atoms with E-state index in [-0.39, 0.29) is 0 Å². The summed E-state index contributed by atoms with van der Waals surface area (Å²) in [4.78, 5) is 0. The molecule has 0 N–H and O–H groups in total. The molecule has 38 heavy (non-hydrogen) atoms. The Bertz CT molecular complexity index is 1090. The fourth-order valence-electron chi connectivity index (χ4n) is 4.41. The van der Waals surface area contributed by atoms with E-state index in [9.17, 15) is 0 Å². The van der Waals surface area contributed by atoms with Gasteiger partial charge in [0.25, 0.3) is 0 Å². The van der Waals surface area contributed by atoms with Crippen molar-refractivity contribution in [2.75, 3.05) is 20.3 Å². The van der Waals surface area contributed by atoms with Gasteiger partial charge in [0.15, 0.2) is 6.29 Å². The average Bonchev–Trinajstić information content (AvgIpc) is 2.97. The van der Waals surface area contributed by atoms with Gasteiger partial charge in [-0.25, -0.2) is 0 Å². The minimum Gasteiger partial charge on any atom is -0.382 e. The molecule has 1 aliphatic heterocycles. The van der Waals surface area contributed by atoms with Crippen molar-refractivity contribution in [2.45, 2.75) is 56.9 Å². The van der Waals surface area contributed by atoms with Crippen molar-refractivity contribution < 1.29 is 28.4 Å². The minimum atomic E-state index is -0.704. The van der Waals surface area contributed by atoms with Gasteiger partial charge in [-0.2, -0.15) is 0 Å². The van der Waals surface area contributed by atoms with Gasteiger partial charge in [0, 0.05) is 13.5 Å². The van der Waals surface area contributed by atoms with Gasteiger partial charge in [-0.05, 0) is 16.7 Å². The second kappa shape index (κ2) is 15.4. The zero-order valence-corrected chi connectivity index (χ0v) is 21.8. The Labute approximate surface area is 225 Å². The van der Waals surface area contributed by atoms with Crippen LogP contribution in [0.4, 0.5) is 0 Å². The van der Waals surface area contributed by atoms with E-state index in [0.717, 1.165) is 16.7 Å². The van der Waals surface area contributed by atoms with E-state index < -0.39 is 30.7 Å². The summed E-state index contributed by atoms with van der Waals surface area (Å²) in [5, 5.41) is 0. The molecule has 4 rings (SSSR count). The maximum Gasteiger partial charge on any atom is 0.186 e. The summed E-state index contributed by atoms with van der Waals surface area (Å²) in [7, 11) is 1.64. The van der Waals surface area contributed by atoms with Crippen LogP contribution in [0.1, 0.15) is 23.1 Å². The van der Waals surface area contributed by atoms with Crippen LogP contribution < -0.4 is 0 Å². The summed E-state index contributed by atoms with van der Waals surface area (Å²) in [5.74, 6) is 2.62. The Balaban J connectivity index is 1.61. The van der Waals surface area contributed by atoms with Gasteiger partial charge in [-0.1, -0.05) is 91.0 Å². The number of methoxy groups -OCH3 is 1. The average molecular weight is 517 g/mol. The Morgan fingerprint density at radius 2 is 1.13 bits per heavy atom. The van der Waals surface area contributed by atoms with Crippen molar-refractivity contribution in [1.29, 1.82) is 0 Å². The summed E-state index contributed by atoms with van der Waals surface area (Å²) in [6.07, 6.45) is 3.28. The summed E-state index contributed by atoms with van der Waals surface area (Å²) in [5.41, 5.74) is 3.15. The third-order valence-corrected chi connectivity index (χ3v) is 6.31. The molecule has 1 heterocycles. The Hall–Kier alpha value is -3.02. The van der Waals surface area contributed by atoms with Gasteiger partial charge in [0.05, 0.1) is 33.0 Å². The maximum atomic E-state index is 6.58. The summed E-state index contributed by atoms with van der Waals surface area (Å²) >= 11 is 0. The lowest BCUT2D eigenvalue weighted by molar-refractivity contribution is -0.327. The van der Waals surface area contributed by atoms with Crippen LogP contribution in [0.3, 0.4) is 0 Å². The van der Waals surface area contributed by atoms with Gasteiger partial charge >= 0.3 is 0 Å². The lowest BCUT2D eigenvalue weighted by Gasteiger charge is -2.45.